The zero-order chi connectivity index (χ0) is 46.4. The number of aryl methyl sites for hydroxylation is 4. The van der Waals surface area contributed by atoms with E-state index < -0.39 is 58.3 Å². The number of carbonyl (C=O) groups excluding carboxylic acids is 3. The van der Waals surface area contributed by atoms with E-state index in [4.69, 9.17) is 16.6 Å². The number of nitrogens with zero attached hydrogens (tertiary/aromatic N) is 10. The largest absolute Gasteiger partial charge is 0.477 e. The molecular weight excluding hydrogens is 880 g/mol. The number of amides is 3. The maximum absolute atomic E-state index is 14.0. The first-order valence-electron chi connectivity index (χ1n) is 21.5. The molecule has 6 aromatic heterocycles. The highest BCUT2D eigenvalue weighted by Crippen LogP contribution is 2.31. The fourth-order valence-corrected chi connectivity index (χ4v) is 9.48. The lowest BCUT2D eigenvalue weighted by Gasteiger charge is -2.42. The van der Waals surface area contributed by atoms with Crippen LogP contribution in [0, 0.1) is 0 Å². The number of benzene rings is 1. The Morgan fingerprint density at radius 1 is 0.727 bits per heavy atom. The van der Waals surface area contributed by atoms with Gasteiger partial charge in [-0.3, -0.25) is 33.1 Å². The van der Waals surface area contributed by atoms with E-state index in [1.807, 2.05) is 4.57 Å². The second-order valence-electron chi connectivity index (χ2n) is 17.9. The lowest BCUT2D eigenvalue weighted by atomic mass is 9.99. The quantitative estimate of drug-likeness (QED) is 0.224. The number of imidazole rings is 2. The molecule has 0 bridgehead atoms. The number of hydrogen-bond donors (Lipinski definition) is 2. The van der Waals surface area contributed by atoms with Crippen molar-refractivity contribution in [1.29, 1.82) is 0 Å². The summed E-state index contributed by atoms with van der Waals surface area (Å²) in [4.78, 5) is 97.6. The summed E-state index contributed by atoms with van der Waals surface area (Å²) in [7, 11) is 0. The number of aromatic carboxylic acids is 1. The first-order chi connectivity index (χ1) is 31.4. The van der Waals surface area contributed by atoms with Crippen LogP contribution in [-0.4, -0.2) is 114 Å². The fourth-order valence-electron chi connectivity index (χ4n) is 9.35. The van der Waals surface area contributed by atoms with Crippen molar-refractivity contribution in [2.24, 2.45) is 0 Å². The number of rotatable bonds is 8. The van der Waals surface area contributed by atoms with Crippen LogP contribution in [0.3, 0.4) is 0 Å². The molecule has 4 aliphatic heterocycles. The Hall–Kier alpha value is -7.09. The molecule has 0 saturated carbocycles. The van der Waals surface area contributed by atoms with Crippen molar-refractivity contribution in [3.8, 4) is 0 Å². The fraction of sp³-hybridized carbons (Fsp3) is 0.378. The third kappa shape index (κ3) is 7.51. The van der Waals surface area contributed by atoms with E-state index in [1.165, 1.54) is 40.3 Å². The number of pyridine rings is 4. The Morgan fingerprint density at radius 2 is 1.18 bits per heavy atom. The lowest BCUT2D eigenvalue weighted by molar-refractivity contribution is -0.145. The average molecular weight is 922 g/mol. The van der Waals surface area contributed by atoms with Crippen molar-refractivity contribution in [3.05, 3.63) is 103 Å². The molecule has 7 aromatic rings. The van der Waals surface area contributed by atoms with E-state index in [2.05, 4.69) is 24.8 Å². The summed E-state index contributed by atoms with van der Waals surface area (Å²) in [6, 6.07) is 9.79. The summed E-state index contributed by atoms with van der Waals surface area (Å²) in [6.45, 7) is 3.72. The predicted molar refractivity (Wildman–Crippen MR) is 237 cm³/mol. The Balaban J connectivity index is 0.000000160. The van der Waals surface area contributed by atoms with Crippen LogP contribution >= 0.6 is 11.6 Å². The number of hydrogen-bond acceptors (Lipinski definition) is 10. The maximum atomic E-state index is 14.0. The molecule has 0 radical (unpaired) electrons. The molecule has 1 aromatic carbocycles. The second-order valence-corrected chi connectivity index (χ2v) is 18.3. The van der Waals surface area contributed by atoms with Gasteiger partial charge in [0.15, 0.2) is 0 Å². The van der Waals surface area contributed by atoms with Gasteiger partial charge in [0.05, 0.1) is 49.6 Å². The molecule has 3 amide bonds. The van der Waals surface area contributed by atoms with Crippen LogP contribution in [0.5, 0.6) is 0 Å². The summed E-state index contributed by atoms with van der Waals surface area (Å²) in [5.74, 6) is -1.02. The molecule has 0 aliphatic carbocycles. The minimum Gasteiger partial charge on any atom is -0.477 e. The minimum atomic E-state index is -1.44. The number of alkyl halides is 2. The third-order valence-electron chi connectivity index (χ3n) is 12.6. The van der Waals surface area contributed by atoms with E-state index in [0.717, 1.165) is 71.6 Å². The highest BCUT2D eigenvalue weighted by Gasteiger charge is 2.43. The van der Waals surface area contributed by atoms with Crippen LogP contribution in [0.2, 0.25) is 5.02 Å². The van der Waals surface area contributed by atoms with Gasteiger partial charge >= 0.3 is 5.97 Å². The van der Waals surface area contributed by atoms with Crippen molar-refractivity contribution < 1.29 is 33.1 Å². The first-order valence-corrected chi connectivity index (χ1v) is 21.9. The molecule has 340 valence electrons. The molecule has 2 saturated heterocycles. The Morgan fingerprint density at radius 3 is 1.64 bits per heavy atom. The van der Waals surface area contributed by atoms with Gasteiger partial charge in [0, 0.05) is 48.3 Å². The molecule has 0 atom stereocenters. The average Bonchev–Trinajstić information content (AvgIpc) is 4.06. The van der Waals surface area contributed by atoms with Crippen molar-refractivity contribution in [1.82, 2.24) is 53.3 Å². The van der Waals surface area contributed by atoms with Crippen LogP contribution in [-0.2, 0) is 55.2 Å². The van der Waals surface area contributed by atoms with Crippen LogP contribution in [0.25, 0.3) is 44.1 Å². The van der Waals surface area contributed by atoms with Crippen LogP contribution in [0.15, 0.2) is 58.4 Å². The molecule has 4 aliphatic rings. The van der Waals surface area contributed by atoms with Gasteiger partial charge in [-0.25, -0.2) is 33.5 Å². The molecule has 0 spiro atoms. The van der Waals surface area contributed by atoms with E-state index in [1.54, 1.807) is 36.7 Å². The van der Waals surface area contributed by atoms with Crippen LogP contribution in [0.4, 0.5) is 8.78 Å². The zero-order valence-electron chi connectivity index (χ0n) is 35.8. The normalized spacial score (nSPS) is 16.7. The summed E-state index contributed by atoms with van der Waals surface area (Å²) >= 11 is 5.94. The van der Waals surface area contributed by atoms with Crippen LogP contribution < -0.4 is 16.4 Å². The predicted octanol–water partition coefficient (Wildman–Crippen LogP) is 3.81. The van der Waals surface area contributed by atoms with Gasteiger partial charge in [0.25, 0.3) is 17.0 Å². The van der Waals surface area contributed by atoms with E-state index in [9.17, 15) is 42.7 Å². The maximum Gasteiger partial charge on any atom is 0.341 e. The van der Waals surface area contributed by atoms with Crippen molar-refractivity contribution in [3.63, 3.8) is 0 Å². The SMILES string of the molecule is CC1(F)CN(C(=O)Cn2c(=O)c(C(=O)NCc3ccc(Cl)cc3)cc3c4nc5n(c4cnc32)CCC5)C1.CC1(F)CN(C(=O)Cn2c(=O)c(C(=O)O)cc3c4nc5n(c4cnc32)CCC5)C1. The molecule has 2 fully saturated rings. The molecule has 10 heterocycles. The van der Waals surface area contributed by atoms with Crippen molar-refractivity contribution >= 4 is 79.4 Å². The number of carboxylic acid groups (broad SMARTS) is 1. The first kappa shape index (κ1) is 42.8. The molecule has 0 unspecified atom stereocenters. The van der Waals surface area contributed by atoms with Gasteiger partial charge in [-0.2, -0.15) is 0 Å². The van der Waals surface area contributed by atoms with Gasteiger partial charge in [-0.15, -0.1) is 0 Å². The molecule has 11 rings (SSSR count). The smallest absolute Gasteiger partial charge is 0.341 e. The number of carbonyl (C=O) groups is 4. The standard InChI is InChI=1S/C26H24ClFN6O3.C19H18FN5O4/c1-26(28)13-32(14-26)21(35)12-34-23-17(22-19(11-29-23)33-8-2-3-20(33)31-22)9-18(25(34)37)24(36)30-10-15-4-6-16(27)7-5-15;1-19(20)8-23(9-19)14(26)7-25-16-10(5-11(17(25)27)18(28)29)15-12(6-21-16)24-4-2-3-13(24)22-15/h4-7,9,11H,2-3,8,10,12-14H2,1H3,(H,30,36);5-6H,2-4,7-9H2,1H3,(H,28,29). The summed E-state index contributed by atoms with van der Waals surface area (Å²) in [5.41, 5.74) is -0.840. The van der Waals surface area contributed by atoms with Crippen molar-refractivity contribution in [2.45, 2.75) is 83.6 Å². The second kappa shape index (κ2) is 15.8. The highest BCUT2D eigenvalue weighted by molar-refractivity contribution is 6.30. The van der Waals surface area contributed by atoms with E-state index >= 15 is 0 Å². The number of aromatic nitrogens is 8. The molecule has 21 heteroatoms. The van der Waals surface area contributed by atoms with Gasteiger partial charge in [-0.1, -0.05) is 23.7 Å². The number of likely N-dealkylation sites (tertiary alicyclic amines) is 2. The van der Waals surface area contributed by atoms with Crippen LogP contribution in [0.1, 0.15) is 64.6 Å². The molecular formula is C45H42ClF2N11O7. The van der Waals surface area contributed by atoms with Gasteiger partial charge in [0.1, 0.15) is 69.5 Å². The Labute approximate surface area is 377 Å². The molecule has 18 nitrogen and oxygen atoms in total. The summed E-state index contributed by atoms with van der Waals surface area (Å²) in [6.07, 6.45) is 6.88. The topological polar surface area (TPSA) is 212 Å². The molecule has 66 heavy (non-hydrogen) atoms. The monoisotopic (exact) mass is 921 g/mol. The van der Waals surface area contributed by atoms with Gasteiger partial charge in [-0.05, 0) is 56.5 Å². The zero-order valence-corrected chi connectivity index (χ0v) is 36.6. The number of halogens is 3. The van der Waals surface area contributed by atoms with Gasteiger partial charge in [0.2, 0.25) is 11.8 Å². The number of fused-ring (bicyclic) bond motifs is 10. The Bertz CT molecular complexity index is 3340. The summed E-state index contributed by atoms with van der Waals surface area (Å²) in [5, 5.41) is 13.8. The van der Waals surface area contributed by atoms with Crippen molar-refractivity contribution in [2.75, 3.05) is 26.2 Å². The molecule has 2 N–H and O–H groups in total. The van der Waals surface area contributed by atoms with E-state index in [-0.39, 0.29) is 56.1 Å². The minimum absolute atomic E-state index is 0.0365. The number of nitrogens with one attached hydrogen (secondary N) is 1. The van der Waals surface area contributed by atoms with Gasteiger partial charge < -0.3 is 29.4 Å². The third-order valence-corrected chi connectivity index (χ3v) is 12.9. The lowest BCUT2D eigenvalue weighted by Crippen LogP contribution is -2.60. The summed E-state index contributed by atoms with van der Waals surface area (Å²) < 4.78 is 34.1. The Kier molecular flexibility index (Phi) is 10.3. The number of carboxylic acids is 1. The van der Waals surface area contributed by atoms with E-state index in [0.29, 0.717) is 26.8 Å². The highest BCUT2D eigenvalue weighted by atomic mass is 35.5.